The van der Waals surface area contributed by atoms with Gasteiger partial charge < -0.3 is 4.74 Å². The summed E-state index contributed by atoms with van der Waals surface area (Å²) in [7, 11) is 0. The van der Waals surface area contributed by atoms with Gasteiger partial charge >= 0.3 is 8.90 Å². The Kier molecular flexibility index (Phi) is 5.95. The third-order valence-corrected chi connectivity index (χ3v) is 3.57. The van der Waals surface area contributed by atoms with Crippen molar-refractivity contribution in [2.45, 2.75) is 42.2 Å². The Morgan fingerprint density at radius 2 is 1.53 bits per heavy atom. The summed E-state index contributed by atoms with van der Waals surface area (Å²) in [6.07, 6.45) is -0.641. The Bertz CT molecular complexity index is 282. The standard InChI is InChI=1S/C8H14Br2N2O5/c1-4-5-17-6(7(2,9)11(13)14)8(3,10)12(15)16/h6H,4-5H2,1-3H3/t7-,8-/m0/s1. The zero-order valence-corrected chi connectivity index (χ0v) is 12.9. The van der Waals surface area contributed by atoms with Crippen LogP contribution in [0.5, 0.6) is 0 Å². The molecule has 0 aliphatic rings. The third-order valence-electron chi connectivity index (χ3n) is 2.16. The molecule has 0 radical (unpaired) electrons. The highest BCUT2D eigenvalue weighted by atomic mass is 79.9. The fraction of sp³-hybridized carbons (Fsp3) is 1.00. The molecule has 0 aromatic heterocycles. The van der Waals surface area contributed by atoms with Gasteiger partial charge in [0, 0.05) is 62.2 Å². The molecule has 0 rings (SSSR count). The average Bonchev–Trinajstić information content (AvgIpc) is 2.17. The van der Waals surface area contributed by atoms with Crippen LogP contribution in [0.3, 0.4) is 0 Å². The van der Waals surface area contributed by atoms with Crippen LogP contribution in [0.2, 0.25) is 0 Å². The fourth-order valence-corrected chi connectivity index (χ4v) is 2.68. The van der Waals surface area contributed by atoms with E-state index in [1.165, 1.54) is 13.8 Å². The van der Waals surface area contributed by atoms with Crippen LogP contribution in [0.4, 0.5) is 0 Å². The first-order chi connectivity index (χ1) is 7.58. The highest BCUT2D eigenvalue weighted by Crippen LogP contribution is 2.37. The molecule has 0 aliphatic heterocycles. The summed E-state index contributed by atoms with van der Waals surface area (Å²) in [5.41, 5.74) is 0. The molecule has 0 fully saturated rings. The molecule has 100 valence electrons. The van der Waals surface area contributed by atoms with Gasteiger partial charge in [-0.3, -0.25) is 20.2 Å². The molecule has 9 heteroatoms. The van der Waals surface area contributed by atoms with Crippen LogP contribution in [0.25, 0.3) is 0 Å². The molecule has 17 heavy (non-hydrogen) atoms. The SMILES string of the molecule is CCCOC([C@@](C)(Br)[N+](=O)[O-])[C@@](C)(Br)[N+](=O)[O-]. The van der Waals surface area contributed by atoms with Crippen LogP contribution in [0.1, 0.15) is 27.2 Å². The van der Waals surface area contributed by atoms with Gasteiger partial charge in [0.15, 0.2) is 0 Å². The fourth-order valence-electron chi connectivity index (χ4n) is 1.21. The van der Waals surface area contributed by atoms with E-state index in [1.54, 1.807) is 0 Å². The van der Waals surface area contributed by atoms with Gasteiger partial charge in [0.1, 0.15) is 0 Å². The van der Waals surface area contributed by atoms with Crippen molar-refractivity contribution in [3.63, 3.8) is 0 Å². The lowest BCUT2D eigenvalue weighted by Gasteiger charge is -2.30. The van der Waals surface area contributed by atoms with Gasteiger partial charge in [-0.15, -0.1) is 0 Å². The van der Waals surface area contributed by atoms with Crippen molar-refractivity contribution in [2.24, 2.45) is 0 Å². The summed E-state index contributed by atoms with van der Waals surface area (Å²) in [6.45, 7) is 4.48. The van der Waals surface area contributed by atoms with Crippen molar-refractivity contribution in [3.05, 3.63) is 20.2 Å². The lowest BCUT2D eigenvalue weighted by atomic mass is 10.1. The summed E-state index contributed by atoms with van der Waals surface area (Å²) < 4.78 is 1.78. The quantitative estimate of drug-likeness (QED) is 0.294. The summed E-state index contributed by atoms with van der Waals surface area (Å²) in [5.74, 6) is 0. The molecule has 0 heterocycles. The number of ether oxygens (including phenoxy) is 1. The Balaban J connectivity index is 5.27. The molecule has 0 bridgehead atoms. The van der Waals surface area contributed by atoms with Gasteiger partial charge in [0.2, 0.25) is 6.10 Å². The van der Waals surface area contributed by atoms with Gasteiger partial charge in [-0.1, -0.05) is 6.92 Å². The number of alkyl halides is 2. The lowest BCUT2D eigenvalue weighted by Crippen LogP contribution is -2.56. The normalized spacial score (nSPS) is 18.5. The van der Waals surface area contributed by atoms with Crippen LogP contribution in [0, 0.1) is 20.2 Å². The van der Waals surface area contributed by atoms with Gasteiger partial charge in [-0.25, -0.2) is 0 Å². The van der Waals surface area contributed by atoms with Crippen molar-refractivity contribution in [3.8, 4) is 0 Å². The Morgan fingerprint density at radius 3 is 1.76 bits per heavy atom. The molecule has 0 aliphatic carbocycles. The molecular formula is C8H14Br2N2O5. The summed E-state index contributed by atoms with van der Waals surface area (Å²) in [5, 5.41) is 21.9. The highest BCUT2D eigenvalue weighted by Gasteiger charge is 2.60. The number of halogens is 2. The molecule has 0 aromatic rings. The van der Waals surface area contributed by atoms with Crippen LogP contribution < -0.4 is 0 Å². The topological polar surface area (TPSA) is 95.5 Å². The van der Waals surface area contributed by atoms with Crippen molar-refractivity contribution in [2.75, 3.05) is 6.61 Å². The van der Waals surface area contributed by atoms with Crippen LogP contribution in [0.15, 0.2) is 0 Å². The minimum absolute atomic E-state index is 0.203. The highest BCUT2D eigenvalue weighted by molar-refractivity contribution is 9.10. The largest absolute Gasteiger partial charge is 0.362 e. The first kappa shape index (κ1) is 16.7. The van der Waals surface area contributed by atoms with E-state index in [0.717, 1.165) is 0 Å². The Morgan fingerprint density at radius 1 is 1.18 bits per heavy atom. The minimum atomic E-state index is -1.74. The maximum atomic E-state index is 10.9. The zero-order chi connectivity index (χ0) is 13.9. The molecule has 0 aromatic carbocycles. The van der Waals surface area contributed by atoms with E-state index >= 15 is 0 Å². The van der Waals surface area contributed by atoms with E-state index in [0.29, 0.717) is 6.42 Å². The van der Waals surface area contributed by atoms with Crippen LogP contribution in [-0.2, 0) is 4.74 Å². The summed E-state index contributed by atoms with van der Waals surface area (Å²) >= 11 is 5.78. The molecule has 0 spiro atoms. The Hall–Kier alpha value is -0.280. The van der Waals surface area contributed by atoms with Crippen LogP contribution >= 0.6 is 31.9 Å². The zero-order valence-electron chi connectivity index (χ0n) is 9.68. The van der Waals surface area contributed by atoms with E-state index in [1.807, 2.05) is 6.92 Å². The predicted octanol–water partition coefficient (Wildman–Crippen LogP) is 2.56. The maximum absolute atomic E-state index is 10.9. The number of hydrogen-bond acceptors (Lipinski definition) is 5. The smallest absolute Gasteiger partial charge is 0.305 e. The molecular weight excluding hydrogens is 364 g/mol. The van der Waals surface area contributed by atoms with E-state index in [9.17, 15) is 20.2 Å². The van der Waals surface area contributed by atoms with Crippen LogP contribution in [-0.4, -0.2) is 31.5 Å². The minimum Gasteiger partial charge on any atom is -0.362 e. The second-order valence-corrected chi connectivity index (χ2v) is 7.02. The van der Waals surface area contributed by atoms with Gasteiger partial charge in [0.25, 0.3) is 0 Å². The summed E-state index contributed by atoms with van der Waals surface area (Å²) in [4.78, 5) is 20.6. The molecule has 0 N–H and O–H groups in total. The van der Waals surface area contributed by atoms with Gasteiger partial charge in [-0.2, -0.15) is 0 Å². The van der Waals surface area contributed by atoms with E-state index in [2.05, 4.69) is 31.9 Å². The number of hydrogen-bond donors (Lipinski definition) is 0. The first-order valence-electron chi connectivity index (χ1n) is 4.86. The molecule has 0 saturated heterocycles. The van der Waals surface area contributed by atoms with Crippen molar-refractivity contribution >= 4 is 31.9 Å². The van der Waals surface area contributed by atoms with E-state index < -0.39 is 24.8 Å². The molecule has 7 nitrogen and oxygen atoms in total. The summed E-state index contributed by atoms with van der Waals surface area (Å²) in [6, 6.07) is 0. The third kappa shape index (κ3) is 3.85. The van der Waals surface area contributed by atoms with Crippen molar-refractivity contribution in [1.29, 1.82) is 0 Å². The maximum Gasteiger partial charge on any atom is 0.305 e. The van der Waals surface area contributed by atoms with Crippen molar-refractivity contribution < 1.29 is 14.6 Å². The lowest BCUT2D eigenvalue weighted by molar-refractivity contribution is -0.590. The monoisotopic (exact) mass is 376 g/mol. The second-order valence-electron chi connectivity index (χ2n) is 3.81. The average molecular weight is 378 g/mol. The molecule has 0 amide bonds. The number of nitrogens with zero attached hydrogens (tertiary/aromatic N) is 2. The van der Waals surface area contributed by atoms with Gasteiger partial charge in [-0.05, 0) is 6.42 Å². The second kappa shape index (κ2) is 6.05. The molecule has 2 atom stereocenters. The number of nitro groups is 2. The van der Waals surface area contributed by atoms with E-state index in [4.69, 9.17) is 4.74 Å². The molecule has 0 saturated carbocycles. The number of rotatable bonds is 7. The molecule has 0 unspecified atom stereocenters. The first-order valence-corrected chi connectivity index (χ1v) is 6.45. The Labute approximate surface area is 115 Å². The van der Waals surface area contributed by atoms with Crippen molar-refractivity contribution in [1.82, 2.24) is 0 Å². The van der Waals surface area contributed by atoms with E-state index in [-0.39, 0.29) is 6.61 Å². The van der Waals surface area contributed by atoms with Gasteiger partial charge in [0.05, 0.1) is 0 Å². The predicted molar refractivity (Wildman–Crippen MR) is 68.7 cm³/mol.